The predicted octanol–water partition coefficient (Wildman–Crippen LogP) is 3.79. The van der Waals surface area contributed by atoms with E-state index in [1.807, 2.05) is 13.8 Å². The van der Waals surface area contributed by atoms with E-state index < -0.39 is 6.10 Å². The maximum absolute atomic E-state index is 12.1. The Morgan fingerprint density at radius 3 is 2.79 bits per heavy atom. The summed E-state index contributed by atoms with van der Waals surface area (Å²) in [5, 5.41) is 4.27. The quantitative estimate of drug-likeness (QED) is 0.794. The lowest BCUT2D eigenvalue weighted by atomic mass is 10.0. The third-order valence-corrected chi connectivity index (χ3v) is 4.45. The number of halogens is 2. The van der Waals surface area contributed by atoms with E-state index >= 15 is 0 Å². The van der Waals surface area contributed by atoms with Crippen LogP contribution in [-0.2, 0) is 4.79 Å². The molecule has 0 fully saturated rings. The molecule has 5 heteroatoms. The minimum atomic E-state index is -0.566. The van der Waals surface area contributed by atoms with Crippen molar-refractivity contribution in [3.05, 3.63) is 29.3 Å². The van der Waals surface area contributed by atoms with Crippen molar-refractivity contribution in [2.24, 2.45) is 0 Å². The van der Waals surface area contributed by atoms with Crippen molar-refractivity contribution in [1.29, 1.82) is 0 Å². The molecule has 1 aromatic carbocycles. The van der Waals surface area contributed by atoms with Gasteiger partial charge in [0.2, 0.25) is 0 Å². The fourth-order valence-electron chi connectivity index (χ4n) is 1.41. The molecule has 0 radical (unpaired) electrons. The number of rotatable bonds is 6. The highest BCUT2D eigenvalue weighted by Gasteiger charge is 2.26. The molecule has 106 valence electrons. The lowest BCUT2D eigenvalue weighted by Crippen LogP contribution is -2.51. The molecule has 0 heterocycles. The first-order valence-corrected chi connectivity index (χ1v) is 7.70. The average molecular weight is 349 g/mol. The number of benzene rings is 1. The Kier molecular flexibility index (Phi) is 6.14. The zero-order chi connectivity index (χ0) is 14.5. The number of ether oxygens (including phenoxy) is 1. The minimum Gasteiger partial charge on any atom is -0.481 e. The highest BCUT2D eigenvalue weighted by atomic mass is 79.9. The maximum atomic E-state index is 12.1. The molecule has 2 unspecified atom stereocenters. The number of amides is 1. The van der Waals surface area contributed by atoms with Crippen LogP contribution >= 0.6 is 27.5 Å². The van der Waals surface area contributed by atoms with Crippen LogP contribution < -0.4 is 10.1 Å². The topological polar surface area (TPSA) is 38.3 Å². The molecular weight excluding hydrogens is 330 g/mol. The summed E-state index contributed by atoms with van der Waals surface area (Å²) in [7, 11) is 0. The Morgan fingerprint density at radius 2 is 2.26 bits per heavy atom. The van der Waals surface area contributed by atoms with Crippen molar-refractivity contribution < 1.29 is 9.53 Å². The molecule has 3 nitrogen and oxygen atoms in total. The van der Waals surface area contributed by atoms with Gasteiger partial charge in [0, 0.05) is 15.9 Å². The van der Waals surface area contributed by atoms with Gasteiger partial charge in [0.05, 0.1) is 0 Å². The van der Waals surface area contributed by atoms with Gasteiger partial charge in [-0.2, -0.15) is 0 Å². The molecule has 1 N–H and O–H groups in total. The molecule has 0 aromatic heterocycles. The zero-order valence-corrected chi connectivity index (χ0v) is 13.7. The second kappa shape index (κ2) is 7.15. The third kappa shape index (κ3) is 5.03. The van der Waals surface area contributed by atoms with Crippen molar-refractivity contribution in [2.45, 2.75) is 38.8 Å². The number of carbonyl (C=O) groups is 1. The number of carbonyl (C=O) groups excluding carboxylic acids is 1. The summed E-state index contributed by atoms with van der Waals surface area (Å²) >= 11 is 9.29. The van der Waals surface area contributed by atoms with Gasteiger partial charge in [-0.15, -0.1) is 0 Å². The van der Waals surface area contributed by atoms with E-state index in [1.54, 1.807) is 31.2 Å². The van der Waals surface area contributed by atoms with Crippen LogP contribution in [0.2, 0.25) is 5.02 Å². The van der Waals surface area contributed by atoms with Crippen LogP contribution in [0, 0.1) is 0 Å². The number of nitrogens with one attached hydrogen (secondary N) is 1. The zero-order valence-electron chi connectivity index (χ0n) is 11.4. The Hall–Kier alpha value is -0.740. The van der Waals surface area contributed by atoms with E-state index in [1.165, 1.54) is 0 Å². The van der Waals surface area contributed by atoms with E-state index in [-0.39, 0.29) is 11.4 Å². The first-order valence-electron chi connectivity index (χ1n) is 6.20. The molecule has 1 rings (SSSR count). The Bertz CT molecular complexity index is 435. The minimum absolute atomic E-state index is 0.135. The third-order valence-electron chi connectivity index (χ3n) is 2.98. The van der Waals surface area contributed by atoms with Crippen molar-refractivity contribution in [3.63, 3.8) is 0 Å². The highest BCUT2D eigenvalue weighted by molar-refractivity contribution is 9.09. The van der Waals surface area contributed by atoms with Crippen molar-refractivity contribution in [3.8, 4) is 5.75 Å². The van der Waals surface area contributed by atoms with Gasteiger partial charge in [0.25, 0.3) is 5.91 Å². The van der Waals surface area contributed by atoms with Gasteiger partial charge in [0.15, 0.2) is 6.10 Å². The Balaban J connectivity index is 2.63. The largest absolute Gasteiger partial charge is 0.481 e. The van der Waals surface area contributed by atoms with E-state index in [9.17, 15) is 4.79 Å². The summed E-state index contributed by atoms with van der Waals surface area (Å²) in [5.74, 6) is 0.455. The van der Waals surface area contributed by atoms with Crippen molar-refractivity contribution in [1.82, 2.24) is 5.32 Å². The van der Waals surface area contributed by atoms with E-state index in [2.05, 4.69) is 21.2 Å². The van der Waals surface area contributed by atoms with Gasteiger partial charge in [-0.05, 0) is 38.5 Å². The smallest absolute Gasteiger partial charge is 0.261 e. The molecule has 0 bridgehead atoms. The lowest BCUT2D eigenvalue weighted by Gasteiger charge is -2.29. The first kappa shape index (κ1) is 16.3. The fraction of sp³-hybridized carbons (Fsp3) is 0.500. The second-order valence-corrected chi connectivity index (χ2v) is 5.75. The first-order chi connectivity index (χ1) is 8.90. The van der Waals surface area contributed by atoms with Gasteiger partial charge in [0.1, 0.15) is 5.75 Å². The summed E-state index contributed by atoms with van der Waals surface area (Å²) in [6.45, 7) is 5.75. The molecule has 0 saturated heterocycles. The van der Waals surface area contributed by atoms with Crippen LogP contribution in [-0.4, -0.2) is 22.9 Å². The molecule has 0 aliphatic carbocycles. The fourth-order valence-corrected chi connectivity index (χ4v) is 2.13. The summed E-state index contributed by atoms with van der Waals surface area (Å²) < 4.78 is 5.58. The predicted molar refractivity (Wildman–Crippen MR) is 82.2 cm³/mol. The van der Waals surface area contributed by atoms with Gasteiger partial charge in [-0.25, -0.2) is 0 Å². The van der Waals surface area contributed by atoms with Gasteiger partial charge < -0.3 is 10.1 Å². The normalized spacial score (nSPS) is 15.4. The van der Waals surface area contributed by atoms with Crippen molar-refractivity contribution in [2.75, 3.05) is 5.33 Å². The molecule has 1 amide bonds. The van der Waals surface area contributed by atoms with Crippen LogP contribution in [0.3, 0.4) is 0 Å². The average Bonchev–Trinajstić information content (AvgIpc) is 2.38. The van der Waals surface area contributed by atoms with E-state index in [0.717, 1.165) is 6.42 Å². The maximum Gasteiger partial charge on any atom is 0.261 e. The summed E-state index contributed by atoms with van der Waals surface area (Å²) in [6.07, 6.45) is 0.275. The highest BCUT2D eigenvalue weighted by Crippen LogP contribution is 2.19. The van der Waals surface area contributed by atoms with Crippen LogP contribution in [0.1, 0.15) is 27.2 Å². The summed E-state index contributed by atoms with van der Waals surface area (Å²) in [5.41, 5.74) is -0.261. The molecule has 1 aromatic rings. The second-order valence-electron chi connectivity index (χ2n) is 4.75. The van der Waals surface area contributed by atoms with Gasteiger partial charge in [-0.1, -0.05) is 40.5 Å². The van der Waals surface area contributed by atoms with Crippen LogP contribution in [0.25, 0.3) is 0 Å². The number of alkyl halides is 1. The standard InChI is InChI=1S/C14H19BrClNO2/c1-4-14(3,9-15)17-13(18)10(2)19-12-7-5-6-11(16)8-12/h5-8,10H,4,9H2,1-3H3,(H,17,18). The van der Waals surface area contributed by atoms with E-state index in [4.69, 9.17) is 16.3 Å². The summed E-state index contributed by atoms with van der Waals surface area (Å²) in [4.78, 5) is 12.1. The molecular formula is C14H19BrClNO2. The molecule has 0 aliphatic heterocycles. The van der Waals surface area contributed by atoms with Crippen LogP contribution in [0.4, 0.5) is 0 Å². The molecule has 0 spiro atoms. The molecule has 0 saturated carbocycles. The van der Waals surface area contributed by atoms with Gasteiger partial charge in [-0.3, -0.25) is 4.79 Å². The van der Waals surface area contributed by atoms with Crippen molar-refractivity contribution >= 4 is 33.4 Å². The Labute approximate surface area is 127 Å². The van der Waals surface area contributed by atoms with E-state index in [0.29, 0.717) is 16.1 Å². The SMILES string of the molecule is CCC(C)(CBr)NC(=O)C(C)Oc1cccc(Cl)c1. The Morgan fingerprint density at radius 1 is 1.58 bits per heavy atom. The van der Waals surface area contributed by atoms with Gasteiger partial charge >= 0.3 is 0 Å². The lowest BCUT2D eigenvalue weighted by molar-refractivity contribution is -0.128. The molecule has 0 aliphatic rings. The number of hydrogen-bond acceptors (Lipinski definition) is 2. The number of hydrogen-bond donors (Lipinski definition) is 1. The molecule has 19 heavy (non-hydrogen) atoms. The van der Waals surface area contributed by atoms with Crippen LogP contribution in [0.5, 0.6) is 5.75 Å². The molecule has 2 atom stereocenters. The summed E-state index contributed by atoms with van der Waals surface area (Å²) in [6, 6.07) is 7.02. The monoisotopic (exact) mass is 347 g/mol. The van der Waals surface area contributed by atoms with Crippen LogP contribution in [0.15, 0.2) is 24.3 Å².